The van der Waals surface area contributed by atoms with Crippen molar-refractivity contribution in [3.05, 3.63) is 58.9 Å². The van der Waals surface area contributed by atoms with Crippen LogP contribution in [0, 0.1) is 5.82 Å². The normalized spacial score (nSPS) is 11.8. The molecular formula is C18H20ClFN2O. The molecule has 0 aromatic heterocycles. The lowest BCUT2D eigenvalue weighted by molar-refractivity contribution is -0.116. The topological polar surface area (TPSA) is 41.1 Å². The van der Waals surface area contributed by atoms with Crippen molar-refractivity contribution in [2.45, 2.75) is 32.7 Å². The highest BCUT2D eigenvalue weighted by Gasteiger charge is 2.14. The van der Waals surface area contributed by atoms with E-state index < -0.39 is 11.9 Å². The first-order valence-corrected chi connectivity index (χ1v) is 7.98. The van der Waals surface area contributed by atoms with Crippen molar-refractivity contribution in [2.75, 3.05) is 10.6 Å². The fourth-order valence-electron chi connectivity index (χ4n) is 2.20. The van der Waals surface area contributed by atoms with E-state index in [-0.39, 0.29) is 10.9 Å². The Kier molecular flexibility index (Phi) is 5.99. The maximum atomic E-state index is 13.0. The molecule has 2 aromatic rings. The maximum absolute atomic E-state index is 13.0. The molecule has 0 saturated heterocycles. The number of hydrogen-bond acceptors (Lipinski definition) is 2. The summed E-state index contributed by atoms with van der Waals surface area (Å²) in [5.74, 6) is -0.678. The van der Waals surface area contributed by atoms with Gasteiger partial charge < -0.3 is 10.6 Å². The average Bonchev–Trinajstić information content (AvgIpc) is 2.52. The summed E-state index contributed by atoms with van der Waals surface area (Å²) in [6.45, 7) is 3.89. The van der Waals surface area contributed by atoms with Gasteiger partial charge in [0.25, 0.3) is 0 Å². The Bertz CT molecular complexity index is 673. The standard InChI is InChI=1S/C18H20ClFN2O/c1-3-4-13-5-8-15(9-6-13)21-12(2)18(23)22-17-10-7-14(20)11-16(17)19/h5-12,21H,3-4H2,1-2H3,(H,22,23)/t12-/m1/s1. The van der Waals surface area contributed by atoms with Crippen LogP contribution in [0.15, 0.2) is 42.5 Å². The Balaban J connectivity index is 1.96. The summed E-state index contributed by atoms with van der Waals surface area (Å²) in [5, 5.41) is 6.00. The van der Waals surface area contributed by atoms with Gasteiger partial charge in [-0.1, -0.05) is 37.1 Å². The molecule has 0 spiro atoms. The van der Waals surface area contributed by atoms with Crippen LogP contribution in [0.5, 0.6) is 0 Å². The van der Waals surface area contributed by atoms with Crippen molar-refractivity contribution in [1.29, 1.82) is 0 Å². The second-order valence-electron chi connectivity index (χ2n) is 5.43. The molecule has 0 radical (unpaired) electrons. The van der Waals surface area contributed by atoms with Crippen LogP contribution in [0.2, 0.25) is 5.02 Å². The molecule has 0 bridgehead atoms. The van der Waals surface area contributed by atoms with Gasteiger partial charge in [-0.05, 0) is 49.2 Å². The van der Waals surface area contributed by atoms with Gasteiger partial charge in [0.2, 0.25) is 5.91 Å². The van der Waals surface area contributed by atoms with Crippen molar-refractivity contribution in [1.82, 2.24) is 0 Å². The fourth-order valence-corrected chi connectivity index (χ4v) is 2.42. The van der Waals surface area contributed by atoms with Crippen LogP contribution in [-0.2, 0) is 11.2 Å². The zero-order chi connectivity index (χ0) is 16.8. The van der Waals surface area contributed by atoms with Gasteiger partial charge >= 0.3 is 0 Å². The highest BCUT2D eigenvalue weighted by atomic mass is 35.5. The first kappa shape index (κ1) is 17.3. The van der Waals surface area contributed by atoms with Gasteiger partial charge in [0.05, 0.1) is 10.7 Å². The van der Waals surface area contributed by atoms with Crippen molar-refractivity contribution in [2.24, 2.45) is 0 Å². The summed E-state index contributed by atoms with van der Waals surface area (Å²) in [6, 6.07) is 11.4. The van der Waals surface area contributed by atoms with Gasteiger partial charge in [0.1, 0.15) is 11.9 Å². The van der Waals surface area contributed by atoms with E-state index in [1.165, 1.54) is 23.8 Å². The van der Waals surface area contributed by atoms with Gasteiger partial charge in [0.15, 0.2) is 0 Å². The lowest BCUT2D eigenvalue weighted by Crippen LogP contribution is -2.31. The van der Waals surface area contributed by atoms with E-state index in [1.54, 1.807) is 6.92 Å². The van der Waals surface area contributed by atoms with E-state index in [9.17, 15) is 9.18 Å². The molecule has 3 nitrogen and oxygen atoms in total. The number of carbonyl (C=O) groups excluding carboxylic acids is 1. The van der Waals surface area contributed by atoms with E-state index in [0.29, 0.717) is 5.69 Å². The van der Waals surface area contributed by atoms with Crippen LogP contribution in [0.1, 0.15) is 25.8 Å². The summed E-state index contributed by atoms with van der Waals surface area (Å²) in [6.07, 6.45) is 2.14. The number of aryl methyl sites for hydroxylation is 1. The Labute approximate surface area is 140 Å². The molecule has 0 aliphatic carbocycles. The van der Waals surface area contributed by atoms with E-state index in [2.05, 4.69) is 17.6 Å². The first-order valence-electron chi connectivity index (χ1n) is 7.61. The molecule has 1 amide bonds. The SMILES string of the molecule is CCCc1ccc(N[C@H](C)C(=O)Nc2ccc(F)cc2Cl)cc1. The maximum Gasteiger partial charge on any atom is 0.246 e. The predicted molar refractivity (Wildman–Crippen MR) is 93.6 cm³/mol. The van der Waals surface area contributed by atoms with Crippen LogP contribution >= 0.6 is 11.6 Å². The second kappa shape index (κ2) is 7.97. The van der Waals surface area contributed by atoms with Crippen molar-refractivity contribution in [3.8, 4) is 0 Å². The van der Waals surface area contributed by atoms with Crippen LogP contribution in [-0.4, -0.2) is 11.9 Å². The molecule has 122 valence electrons. The van der Waals surface area contributed by atoms with Gasteiger partial charge in [0, 0.05) is 5.69 Å². The Morgan fingerprint density at radius 1 is 1.22 bits per heavy atom. The first-order chi connectivity index (χ1) is 11.0. The fraction of sp³-hybridized carbons (Fsp3) is 0.278. The minimum absolute atomic E-state index is 0.175. The highest BCUT2D eigenvalue weighted by molar-refractivity contribution is 6.33. The molecular weight excluding hydrogens is 315 g/mol. The van der Waals surface area contributed by atoms with Crippen LogP contribution in [0.4, 0.5) is 15.8 Å². The van der Waals surface area contributed by atoms with Crippen molar-refractivity contribution < 1.29 is 9.18 Å². The molecule has 5 heteroatoms. The molecule has 0 aliphatic rings. The lowest BCUT2D eigenvalue weighted by Gasteiger charge is -2.16. The zero-order valence-corrected chi connectivity index (χ0v) is 14.0. The third-order valence-electron chi connectivity index (χ3n) is 3.46. The molecule has 0 fully saturated rings. The monoisotopic (exact) mass is 334 g/mol. The highest BCUT2D eigenvalue weighted by Crippen LogP contribution is 2.22. The van der Waals surface area contributed by atoms with E-state index in [1.807, 2.05) is 24.3 Å². The number of nitrogens with one attached hydrogen (secondary N) is 2. The third-order valence-corrected chi connectivity index (χ3v) is 3.77. The smallest absolute Gasteiger partial charge is 0.246 e. The van der Waals surface area contributed by atoms with E-state index in [4.69, 9.17) is 11.6 Å². The number of hydrogen-bond donors (Lipinski definition) is 2. The average molecular weight is 335 g/mol. The van der Waals surface area contributed by atoms with Crippen LogP contribution < -0.4 is 10.6 Å². The summed E-state index contributed by atoms with van der Waals surface area (Å²) < 4.78 is 13.0. The molecule has 2 N–H and O–H groups in total. The number of anilines is 2. The molecule has 2 rings (SSSR count). The number of benzene rings is 2. The molecule has 2 aromatic carbocycles. The number of carbonyl (C=O) groups is 1. The quantitative estimate of drug-likeness (QED) is 0.791. The minimum Gasteiger partial charge on any atom is -0.374 e. The second-order valence-corrected chi connectivity index (χ2v) is 5.83. The van der Waals surface area contributed by atoms with Crippen LogP contribution in [0.25, 0.3) is 0 Å². The van der Waals surface area contributed by atoms with Gasteiger partial charge in [-0.2, -0.15) is 0 Å². The Morgan fingerprint density at radius 2 is 1.91 bits per heavy atom. The van der Waals surface area contributed by atoms with E-state index >= 15 is 0 Å². The summed E-state index contributed by atoms with van der Waals surface area (Å²) in [4.78, 5) is 12.2. The molecule has 0 unspecified atom stereocenters. The lowest BCUT2D eigenvalue weighted by atomic mass is 10.1. The van der Waals surface area contributed by atoms with Crippen molar-refractivity contribution in [3.63, 3.8) is 0 Å². The number of amides is 1. The van der Waals surface area contributed by atoms with Crippen LogP contribution in [0.3, 0.4) is 0 Å². The zero-order valence-electron chi connectivity index (χ0n) is 13.2. The molecule has 0 saturated carbocycles. The number of halogens is 2. The van der Waals surface area contributed by atoms with Gasteiger partial charge in [-0.15, -0.1) is 0 Å². The van der Waals surface area contributed by atoms with Crippen molar-refractivity contribution >= 4 is 28.9 Å². The predicted octanol–water partition coefficient (Wildman–Crippen LogP) is 4.87. The summed E-state index contributed by atoms with van der Waals surface area (Å²) in [5.41, 5.74) is 2.54. The minimum atomic E-state index is -0.451. The number of rotatable bonds is 6. The van der Waals surface area contributed by atoms with Gasteiger partial charge in [-0.25, -0.2) is 4.39 Å². The molecule has 0 aliphatic heterocycles. The summed E-state index contributed by atoms with van der Waals surface area (Å²) >= 11 is 5.91. The third kappa shape index (κ3) is 4.96. The Hall–Kier alpha value is -2.07. The van der Waals surface area contributed by atoms with Gasteiger partial charge in [-0.3, -0.25) is 4.79 Å². The van der Waals surface area contributed by atoms with E-state index in [0.717, 1.165) is 18.5 Å². The molecule has 1 atom stereocenters. The molecule has 23 heavy (non-hydrogen) atoms. The largest absolute Gasteiger partial charge is 0.374 e. The molecule has 0 heterocycles. The Morgan fingerprint density at radius 3 is 2.52 bits per heavy atom. The summed E-state index contributed by atoms with van der Waals surface area (Å²) in [7, 11) is 0.